The van der Waals surface area contributed by atoms with E-state index in [0.29, 0.717) is 15.6 Å². The lowest BCUT2D eigenvalue weighted by Gasteiger charge is -2.35. The van der Waals surface area contributed by atoms with Crippen molar-refractivity contribution in [1.82, 2.24) is 4.98 Å². The summed E-state index contributed by atoms with van der Waals surface area (Å²) in [5, 5.41) is 11.4. The Hall–Kier alpha value is -3.03. The summed E-state index contributed by atoms with van der Waals surface area (Å²) in [7, 11) is -1.88. The van der Waals surface area contributed by atoms with Gasteiger partial charge in [-0.2, -0.15) is 0 Å². The van der Waals surface area contributed by atoms with Crippen molar-refractivity contribution in [2.45, 2.75) is 26.4 Å². The summed E-state index contributed by atoms with van der Waals surface area (Å²) in [6.07, 6.45) is 12.7. The highest BCUT2D eigenvalue weighted by atomic mass is 79.9. The predicted octanol–water partition coefficient (Wildman–Crippen LogP) is 4.73. The SMILES string of the molecule is CN1c2c(OC3(c4nc5ccc(Br)cc5s4)C=CC(=O)C=C3)cc(S(C)(=O)=O)cc2SC1C1(O)C=CC(=O)C=C1. The van der Waals surface area contributed by atoms with Crippen molar-refractivity contribution >= 4 is 76.3 Å². The molecular weight excluding hydrogens is 636 g/mol. The fraction of sp³-hybridized carbons (Fsp3) is 0.179. The number of benzene rings is 2. The quantitative estimate of drug-likeness (QED) is 0.416. The summed E-state index contributed by atoms with van der Waals surface area (Å²) in [4.78, 5) is 31.1. The molecule has 12 heteroatoms. The maximum absolute atomic E-state index is 12.7. The Kier molecular flexibility index (Phi) is 6.46. The molecule has 2 aliphatic carbocycles. The number of fused-ring (bicyclic) bond motifs is 2. The molecule has 0 saturated heterocycles. The number of rotatable bonds is 5. The Labute approximate surface area is 246 Å². The highest BCUT2D eigenvalue weighted by Crippen LogP contribution is 2.54. The molecule has 1 N–H and O–H groups in total. The molecule has 1 unspecified atom stereocenters. The summed E-state index contributed by atoms with van der Waals surface area (Å²) in [5.74, 6) is -0.201. The van der Waals surface area contributed by atoms with Crippen molar-refractivity contribution < 1.29 is 27.9 Å². The zero-order valence-corrected chi connectivity index (χ0v) is 25.1. The van der Waals surface area contributed by atoms with Crippen LogP contribution in [0.15, 0.2) is 93.2 Å². The standard InChI is InChI=1S/C28H21BrN2O6S3/c1-31-24-21(14-19(40(2,35)36)15-23(24)39-26(31)27(34)9-5-17(32)6-10-27)37-28(11-7-18(33)8-12-28)25-30-20-4-3-16(29)13-22(20)38-25/h3-15,26,34H,1-2H3. The van der Waals surface area contributed by atoms with Crippen LogP contribution in [-0.2, 0) is 25.0 Å². The fourth-order valence-electron chi connectivity index (χ4n) is 4.74. The Balaban J connectivity index is 1.50. The van der Waals surface area contributed by atoms with Gasteiger partial charge >= 0.3 is 0 Å². The van der Waals surface area contributed by atoms with Crippen molar-refractivity contribution in [2.75, 3.05) is 18.2 Å². The van der Waals surface area contributed by atoms with Gasteiger partial charge in [-0.05, 0) is 72.9 Å². The monoisotopic (exact) mass is 656 g/mol. The molecule has 40 heavy (non-hydrogen) atoms. The number of aromatic nitrogens is 1. The third-order valence-electron chi connectivity index (χ3n) is 6.76. The van der Waals surface area contributed by atoms with Crippen molar-refractivity contribution in [3.05, 3.63) is 88.4 Å². The lowest BCUT2D eigenvalue weighted by Crippen LogP contribution is -2.46. The number of ether oxygens (including phenoxy) is 1. The molecule has 6 rings (SSSR count). The molecule has 0 bridgehead atoms. The smallest absolute Gasteiger partial charge is 0.197 e. The molecule has 204 valence electrons. The predicted molar refractivity (Wildman–Crippen MR) is 159 cm³/mol. The normalized spacial score (nSPS) is 20.9. The Morgan fingerprint density at radius 3 is 2.33 bits per heavy atom. The number of thioether (sulfide) groups is 1. The van der Waals surface area contributed by atoms with Gasteiger partial charge in [-0.25, -0.2) is 13.4 Å². The average Bonchev–Trinajstić information content (AvgIpc) is 3.48. The van der Waals surface area contributed by atoms with Gasteiger partial charge in [0.2, 0.25) is 0 Å². The first-order valence-corrected chi connectivity index (χ1v) is 16.4. The van der Waals surface area contributed by atoms with Gasteiger partial charge in [0, 0.05) is 28.7 Å². The van der Waals surface area contributed by atoms with Crippen LogP contribution in [0.2, 0.25) is 0 Å². The van der Waals surface area contributed by atoms with E-state index in [0.717, 1.165) is 20.9 Å². The number of sulfone groups is 1. The third kappa shape index (κ3) is 4.67. The number of carbonyl (C=O) groups excluding carboxylic acids is 2. The van der Waals surface area contributed by atoms with E-state index in [4.69, 9.17) is 9.72 Å². The molecule has 0 amide bonds. The minimum Gasteiger partial charge on any atom is -0.469 e. The molecule has 2 aromatic carbocycles. The van der Waals surface area contributed by atoms with E-state index in [1.54, 1.807) is 30.2 Å². The van der Waals surface area contributed by atoms with E-state index >= 15 is 0 Å². The molecule has 3 aromatic rings. The topological polar surface area (TPSA) is 114 Å². The highest BCUT2D eigenvalue weighted by molar-refractivity contribution is 9.10. The Morgan fingerprint density at radius 1 is 1.02 bits per heavy atom. The number of ketones is 2. The molecule has 8 nitrogen and oxygen atoms in total. The van der Waals surface area contributed by atoms with Gasteiger partial charge in [0.1, 0.15) is 21.7 Å². The summed E-state index contributed by atoms with van der Waals surface area (Å²) in [6, 6.07) is 8.72. The van der Waals surface area contributed by atoms with Gasteiger partial charge in [-0.1, -0.05) is 27.7 Å². The van der Waals surface area contributed by atoms with E-state index in [2.05, 4.69) is 15.9 Å². The molecule has 0 fully saturated rings. The summed E-state index contributed by atoms with van der Waals surface area (Å²) in [6.45, 7) is 0. The molecule has 0 spiro atoms. The number of nitrogens with zero attached hydrogens (tertiary/aromatic N) is 2. The van der Waals surface area contributed by atoms with Crippen molar-refractivity contribution in [3.63, 3.8) is 0 Å². The molecule has 0 saturated carbocycles. The number of halogens is 1. The third-order valence-corrected chi connectivity index (χ3v) is 11.0. The van der Waals surface area contributed by atoms with Crippen LogP contribution in [-0.4, -0.2) is 54.4 Å². The average molecular weight is 658 g/mol. The van der Waals surface area contributed by atoms with Crippen LogP contribution in [0.5, 0.6) is 5.75 Å². The van der Waals surface area contributed by atoms with Gasteiger partial charge in [-0.3, -0.25) is 9.59 Å². The number of hydrogen-bond acceptors (Lipinski definition) is 10. The van der Waals surface area contributed by atoms with E-state index in [-0.39, 0.29) is 22.2 Å². The Bertz CT molecular complexity index is 1810. The summed E-state index contributed by atoms with van der Waals surface area (Å²) in [5.41, 5.74) is -1.48. The van der Waals surface area contributed by atoms with Crippen LogP contribution in [0.4, 0.5) is 5.69 Å². The second-order valence-electron chi connectivity index (χ2n) is 9.67. The molecule has 1 aliphatic heterocycles. The second-order valence-corrected chi connectivity index (χ2v) is 14.8. The zero-order chi connectivity index (χ0) is 28.4. The van der Waals surface area contributed by atoms with Crippen LogP contribution < -0.4 is 9.64 Å². The largest absolute Gasteiger partial charge is 0.469 e. The first-order valence-electron chi connectivity index (χ1n) is 12.0. The minimum absolute atomic E-state index is 0.0444. The summed E-state index contributed by atoms with van der Waals surface area (Å²) < 4.78 is 33.9. The van der Waals surface area contributed by atoms with Crippen LogP contribution >= 0.6 is 39.0 Å². The van der Waals surface area contributed by atoms with Crippen LogP contribution in [0.25, 0.3) is 10.2 Å². The van der Waals surface area contributed by atoms with E-state index in [1.165, 1.54) is 65.6 Å². The number of hydrogen-bond donors (Lipinski definition) is 1. The lowest BCUT2D eigenvalue weighted by molar-refractivity contribution is -0.111. The first kappa shape index (κ1) is 27.2. The number of thiazole rings is 1. The minimum atomic E-state index is -3.64. The maximum Gasteiger partial charge on any atom is 0.197 e. The molecule has 1 aromatic heterocycles. The van der Waals surface area contributed by atoms with Gasteiger partial charge in [0.05, 0.1) is 20.8 Å². The molecular formula is C28H21BrN2O6S3. The Morgan fingerprint density at radius 2 is 1.68 bits per heavy atom. The number of allylic oxidation sites excluding steroid dienone is 4. The van der Waals surface area contributed by atoms with Gasteiger partial charge in [0.25, 0.3) is 0 Å². The number of anilines is 1. The second kappa shape index (κ2) is 9.52. The van der Waals surface area contributed by atoms with E-state index in [1.807, 2.05) is 18.2 Å². The molecule has 1 atom stereocenters. The fourth-order valence-corrected chi connectivity index (χ4v) is 8.48. The molecule has 3 aliphatic rings. The van der Waals surface area contributed by atoms with Gasteiger partial charge < -0.3 is 14.7 Å². The van der Waals surface area contributed by atoms with Crippen molar-refractivity contribution in [1.29, 1.82) is 0 Å². The van der Waals surface area contributed by atoms with Crippen LogP contribution in [0.1, 0.15) is 5.01 Å². The summed E-state index contributed by atoms with van der Waals surface area (Å²) >= 11 is 6.15. The van der Waals surface area contributed by atoms with Crippen LogP contribution in [0.3, 0.4) is 0 Å². The van der Waals surface area contributed by atoms with Gasteiger partial charge in [0.15, 0.2) is 27.0 Å². The van der Waals surface area contributed by atoms with Crippen LogP contribution in [0, 0.1) is 0 Å². The number of carbonyl (C=O) groups is 2. The van der Waals surface area contributed by atoms with E-state index in [9.17, 15) is 23.1 Å². The number of likely N-dealkylation sites (N-methyl/N-ethyl adjacent to an activating group) is 1. The van der Waals surface area contributed by atoms with Gasteiger partial charge in [-0.15, -0.1) is 11.3 Å². The first-order chi connectivity index (χ1) is 18.9. The zero-order valence-electron chi connectivity index (χ0n) is 21.1. The maximum atomic E-state index is 12.7. The molecule has 0 radical (unpaired) electrons. The van der Waals surface area contributed by atoms with Crippen molar-refractivity contribution in [3.8, 4) is 5.75 Å². The van der Waals surface area contributed by atoms with E-state index < -0.39 is 26.4 Å². The highest BCUT2D eigenvalue weighted by Gasteiger charge is 2.45. The number of aliphatic hydroxyl groups is 1. The molecule has 2 heterocycles. The van der Waals surface area contributed by atoms with Crippen molar-refractivity contribution in [2.24, 2.45) is 0 Å². The lowest BCUT2D eigenvalue weighted by atomic mass is 9.96.